The third-order valence-corrected chi connectivity index (χ3v) is 5.00. The van der Waals surface area contributed by atoms with Gasteiger partial charge in [-0.25, -0.2) is 0 Å². The van der Waals surface area contributed by atoms with Crippen LogP contribution in [0.2, 0.25) is 0 Å². The van der Waals surface area contributed by atoms with Gasteiger partial charge >= 0.3 is 6.36 Å². The molecule has 3 rings (SSSR count). The molecule has 0 bridgehead atoms. The van der Waals surface area contributed by atoms with Crippen molar-refractivity contribution in [3.8, 4) is 5.75 Å². The molecule has 0 saturated carbocycles. The molecule has 8 heteroatoms. The molecule has 1 aliphatic rings. The Bertz CT molecular complexity index is 832. The van der Waals surface area contributed by atoms with Crippen molar-refractivity contribution in [2.24, 2.45) is 0 Å². The number of benzene rings is 2. The standard InChI is InChI=1S/C22H26F3N3O2/c1-27-9-11-28(12-10-27)16-19-4-2-3-18(13-19)15-26-21(29)14-17-5-7-20(8-6-17)30-22(23,24)25/h2-8,13H,9-12,14-16H2,1H3,(H,26,29). The number of amides is 1. The minimum Gasteiger partial charge on any atom is -0.406 e. The molecule has 30 heavy (non-hydrogen) atoms. The maximum atomic E-state index is 12.2. The van der Waals surface area contributed by atoms with Crippen LogP contribution in [0.25, 0.3) is 0 Å². The summed E-state index contributed by atoms with van der Waals surface area (Å²) in [6, 6.07) is 13.5. The maximum absolute atomic E-state index is 12.2. The van der Waals surface area contributed by atoms with Crippen LogP contribution >= 0.6 is 0 Å². The van der Waals surface area contributed by atoms with Crippen molar-refractivity contribution in [3.63, 3.8) is 0 Å². The zero-order chi connectivity index (χ0) is 21.6. The van der Waals surface area contributed by atoms with Gasteiger partial charge in [-0.1, -0.05) is 36.4 Å². The summed E-state index contributed by atoms with van der Waals surface area (Å²) in [5.74, 6) is -0.493. The third kappa shape index (κ3) is 7.35. The van der Waals surface area contributed by atoms with Gasteiger partial charge in [0, 0.05) is 39.3 Å². The van der Waals surface area contributed by atoms with Crippen LogP contribution in [0, 0.1) is 0 Å². The fourth-order valence-electron chi connectivity index (χ4n) is 3.36. The quantitative estimate of drug-likeness (QED) is 0.746. The molecule has 1 aliphatic heterocycles. The van der Waals surface area contributed by atoms with Crippen LogP contribution in [0.5, 0.6) is 5.75 Å². The minimum atomic E-state index is -4.72. The number of hydrogen-bond acceptors (Lipinski definition) is 4. The number of nitrogens with zero attached hydrogens (tertiary/aromatic N) is 2. The molecule has 1 saturated heterocycles. The molecule has 1 amide bonds. The lowest BCUT2D eigenvalue weighted by Gasteiger charge is -2.32. The van der Waals surface area contributed by atoms with Gasteiger partial charge in [0.1, 0.15) is 5.75 Å². The Kier molecular flexibility index (Phi) is 7.33. The van der Waals surface area contributed by atoms with Crippen LogP contribution in [-0.2, 0) is 24.3 Å². The van der Waals surface area contributed by atoms with E-state index in [9.17, 15) is 18.0 Å². The van der Waals surface area contributed by atoms with E-state index in [0.29, 0.717) is 12.1 Å². The Morgan fingerprint density at radius 2 is 1.67 bits per heavy atom. The molecule has 1 heterocycles. The second-order valence-electron chi connectivity index (χ2n) is 7.54. The van der Waals surface area contributed by atoms with Crippen molar-refractivity contribution in [3.05, 3.63) is 65.2 Å². The van der Waals surface area contributed by atoms with Crippen LogP contribution < -0.4 is 10.1 Å². The van der Waals surface area contributed by atoms with Crippen LogP contribution in [0.3, 0.4) is 0 Å². The van der Waals surface area contributed by atoms with Crippen molar-refractivity contribution in [1.82, 2.24) is 15.1 Å². The topological polar surface area (TPSA) is 44.8 Å². The number of nitrogens with one attached hydrogen (secondary N) is 1. The van der Waals surface area contributed by atoms with Crippen molar-refractivity contribution < 1.29 is 22.7 Å². The average Bonchev–Trinajstić information content (AvgIpc) is 2.69. The van der Waals surface area contributed by atoms with Gasteiger partial charge in [0.25, 0.3) is 0 Å². The maximum Gasteiger partial charge on any atom is 0.573 e. The van der Waals surface area contributed by atoms with E-state index in [4.69, 9.17) is 0 Å². The van der Waals surface area contributed by atoms with Gasteiger partial charge in [-0.15, -0.1) is 13.2 Å². The SMILES string of the molecule is CN1CCN(Cc2cccc(CNC(=O)Cc3ccc(OC(F)(F)F)cc3)c2)CC1. The van der Waals surface area contributed by atoms with Crippen molar-refractivity contribution in [1.29, 1.82) is 0 Å². The smallest absolute Gasteiger partial charge is 0.406 e. The molecule has 0 spiro atoms. The number of halogens is 3. The predicted molar refractivity (Wildman–Crippen MR) is 108 cm³/mol. The van der Waals surface area contributed by atoms with E-state index in [1.165, 1.54) is 29.8 Å². The number of likely N-dealkylation sites (N-methyl/N-ethyl adjacent to an activating group) is 1. The third-order valence-electron chi connectivity index (χ3n) is 5.00. The number of hydrogen-bond donors (Lipinski definition) is 1. The summed E-state index contributed by atoms with van der Waals surface area (Å²) in [4.78, 5) is 16.9. The highest BCUT2D eigenvalue weighted by molar-refractivity contribution is 5.78. The van der Waals surface area contributed by atoms with Crippen LogP contribution in [-0.4, -0.2) is 55.3 Å². The van der Waals surface area contributed by atoms with Crippen molar-refractivity contribution in [2.45, 2.75) is 25.9 Å². The predicted octanol–water partition coefficient (Wildman–Crippen LogP) is 3.19. The van der Waals surface area contributed by atoms with Gasteiger partial charge in [0.2, 0.25) is 5.91 Å². The van der Waals surface area contributed by atoms with Crippen LogP contribution in [0.4, 0.5) is 13.2 Å². The Morgan fingerprint density at radius 3 is 2.33 bits per heavy atom. The van der Waals surface area contributed by atoms with Gasteiger partial charge in [0.15, 0.2) is 0 Å². The van der Waals surface area contributed by atoms with Gasteiger partial charge in [-0.3, -0.25) is 9.69 Å². The molecular formula is C22H26F3N3O2. The molecule has 1 N–H and O–H groups in total. The molecule has 2 aromatic carbocycles. The van der Waals surface area contributed by atoms with E-state index in [1.54, 1.807) is 0 Å². The summed E-state index contributed by atoms with van der Waals surface area (Å²) < 4.78 is 40.4. The fourth-order valence-corrected chi connectivity index (χ4v) is 3.36. The first kappa shape index (κ1) is 22.1. The Labute approximate surface area is 174 Å². The van der Waals surface area contributed by atoms with Crippen LogP contribution in [0.1, 0.15) is 16.7 Å². The Balaban J connectivity index is 1.46. The first-order valence-corrected chi connectivity index (χ1v) is 9.87. The van der Waals surface area contributed by atoms with Gasteiger partial charge < -0.3 is 15.0 Å². The highest BCUT2D eigenvalue weighted by Crippen LogP contribution is 2.22. The summed E-state index contributed by atoms with van der Waals surface area (Å²) in [7, 11) is 2.13. The zero-order valence-electron chi connectivity index (χ0n) is 16.9. The van der Waals surface area contributed by atoms with Gasteiger partial charge in [-0.05, 0) is 35.9 Å². The number of carbonyl (C=O) groups is 1. The number of ether oxygens (including phenoxy) is 1. The molecule has 1 fully saturated rings. The molecule has 0 aliphatic carbocycles. The Morgan fingerprint density at radius 1 is 1.00 bits per heavy atom. The van der Waals surface area contributed by atoms with E-state index in [0.717, 1.165) is 38.3 Å². The van der Waals surface area contributed by atoms with Crippen molar-refractivity contribution in [2.75, 3.05) is 33.2 Å². The van der Waals surface area contributed by atoms with Crippen molar-refractivity contribution >= 4 is 5.91 Å². The molecule has 162 valence electrons. The summed E-state index contributed by atoms with van der Waals surface area (Å²) >= 11 is 0. The van der Waals surface area contributed by atoms with Crippen LogP contribution in [0.15, 0.2) is 48.5 Å². The molecular weight excluding hydrogens is 395 g/mol. The number of rotatable bonds is 7. The normalized spacial score (nSPS) is 15.7. The summed E-state index contributed by atoms with van der Waals surface area (Å²) in [6.07, 6.45) is -4.63. The van der Waals surface area contributed by atoms with E-state index in [-0.39, 0.29) is 18.1 Å². The molecule has 5 nitrogen and oxygen atoms in total. The number of piperazine rings is 1. The average molecular weight is 421 g/mol. The van der Waals surface area contributed by atoms with E-state index in [1.807, 2.05) is 12.1 Å². The van der Waals surface area contributed by atoms with Gasteiger partial charge in [-0.2, -0.15) is 0 Å². The molecule has 0 aromatic heterocycles. The molecule has 0 radical (unpaired) electrons. The second-order valence-corrected chi connectivity index (χ2v) is 7.54. The van der Waals surface area contributed by atoms with E-state index < -0.39 is 6.36 Å². The summed E-state index contributed by atoms with van der Waals surface area (Å²) in [5, 5.41) is 2.87. The second kappa shape index (κ2) is 9.95. The van der Waals surface area contributed by atoms with E-state index in [2.05, 4.69) is 39.0 Å². The number of carbonyl (C=O) groups excluding carboxylic acids is 1. The van der Waals surface area contributed by atoms with E-state index >= 15 is 0 Å². The lowest BCUT2D eigenvalue weighted by molar-refractivity contribution is -0.274. The minimum absolute atomic E-state index is 0.0906. The number of alkyl halides is 3. The Hall–Kier alpha value is -2.58. The fraction of sp³-hybridized carbons (Fsp3) is 0.409. The molecule has 2 aromatic rings. The lowest BCUT2D eigenvalue weighted by atomic mass is 10.1. The monoisotopic (exact) mass is 421 g/mol. The largest absolute Gasteiger partial charge is 0.573 e. The molecule has 0 atom stereocenters. The lowest BCUT2D eigenvalue weighted by Crippen LogP contribution is -2.43. The molecule has 0 unspecified atom stereocenters. The van der Waals surface area contributed by atoms with Gasteiger partial charge in [0.05, 0.1) is 6.42 Å². The first-order chi connectivity index (χ1) is 14.3. The highest BCUT2D eigenvalue weighted by Gasteiger charge is 2.30. The first-order valence-electron chi connectivity index (χ1n) is 9.87. The highest BCUT2D eigenvalue weighted by atomic mass is 19.4. The summed E-state index contributed by atoms with van der Waals surface area (Å²) in [6.45, 7) is 5.53. The summed E-state index contributed by atoms with van der Waals surface area (Å²) in [5.41, 5.74) is 2.85. The zero-order valence-corrected chi connectivity index (χ0v) is 16.9.